The summed E-state index contributed by atoms with van der Waals surface area (Å²) in [5.41, 5.74) is 3.41. The highest BCUT2D eigenvalue weighted by Gasteiger charge is 2.34. The third-order valence-corrected chi connectivity index (χ3v) is 4.56. The minimum absolute atomic E-state index is 0.0353. The van der Waals surface area contributed by atoms with E-state index >= 15 is 0 Å². The molecule has 1 atom stereocenters. The summed E-state index contributed by atoms with van der Waals surface area (Å²) in [6.07, 6.45) is 0.315. The van der Waals surface area contributed by atoms with Crippen molar-refractivity contribution in [2.75, 3.05) is 0 Å². The number of amides is 1. The predicted molar refractivity (Wildman–Crippen MR) is 89.6 cm³/mol. The van der Waals surface area contributed by atoms with E-state index in [-0.39, 0.29) is 12.5 Å². The molecule has 2 heterocycles. The van der Waals surface area contributed by atoms with E-state index in [2.05, 4.69) is 10.3 Å². The van der Waals surface area contributed by atoms with Gasteiger partial charge in [-0.2, -0.15) is 0 Å². The molecular formula is C18H16N4O3. The fourth-order valence-electron chi connectivity index (χ4n) is 3.26. The van der Waals surface area contributed by atoms with Crippen LogP contribution in [0.2, 0.25) is 0 Å². The van der Waals surface area contributed by atoms with Gasteiger partial charge in [-0.15, -0.1) is 5.10 Å². The molecule has 25 heavy (non-hydrogen) atoms. The van der Waals surface area contributed by atoms with Gasteiger partial charge in [0.25, 0.3) is 0 Å². The van der Waals surface area contributed by atoms with Gasteiger partial charge in [0, 0.05) is 13.0 Å². The molecule has 126 valence electrons. The number of carboxylic acid groups (broad SMARTS) is 1. The van der Waals surface area contributed by atoms with Crippen molar-refractivity contribution < 1.29 is 14.7 Å². The molecule has 1 aliphatic rings. The largest absolute Gasteiger partial charge is 0.480 e. The smallest absolute Gasteiger partial charge is 0.326 e. The minimum Gasteiger partial charge on any atom is -0.480 e. The third kappa shape index (κ3) is 2.73. The summed E-state index contributed by atoms with van der Waals surface area (Å²) in [6.45, 7) is 0.255. The summed E-state index contributed by atoms with van der Waals surface area (Å²) < 4.78 is 1.51. The van der Waals surface area contributed by atoms with Gasteiger partial charge < -0.3 is 10.0 Å². The van der Waals surface area contributed by atoms with E-state index < -0.39 is 12.0 Å². The zero-order valence-electron chi connectivity index (χ0n) is 13.4. The first-order chi connectivity index (χ1) is 12.1. The number of benzene rings is 2. The molecule has 0 radical (unpaired) electrons. The maximum Gasteiger partial charge on any atom is 0.326 e. The highest BCUT2D eigenvalue weighted by molar-refractivity contribution is 5.85. The Bertz CT molecular complexity index is 966. The molecule has 0 aliphatic carbocycles. The molecule has 2 aromatic carbocycles. The zero-order chi connectivity index (χ0) is 17.4. The van der Waals surface area contributed by atoms with Crippen LogP contribution in [-0.4, -0.2) is 42.9 Å². The van der Waals surface area contributed by atoms with Crippen molar-refractivity contribution in [1.82, 2.24) is 19.9 Å². The number of fused-ring (bicyclic) bond motifs is 2. The second-order valence-corrected chi connectivity index (χ2v) is 6.08. The number of carbonyl (C=O) groups is 2. The molecule has 1 N–H and O–H groups in total. The van der Waals surface area contributed by atoms with Crippen molar-refractivity contribution in [2.45, 2.75) is 25.6 Å². The van der Waals surface area contributed by atoms with E-state index in [0.717, 1.165) is 16.6 Å². The van der Waals surface area contributed by atoms with E-state index in [9.17, 15) is 14.7 Å². The Kier molecular flexibility index (Phi) is 3.68. The van der Waals surface area contributed by atoms with Crippen LogP contribution in [0.3, 0.4) is 0 Å². The first kappa shape index (κ1) is 15.3. The lowest BCUT2D eigenvalue weighted by atomic mass is 9.94. The van der Waals surface area contributed by atoms with Crippen LogP contribution in [0.1, 0.15) is 11.1 Å². The number of hydrogen-bond donors (Lipinski definition) is 1. The molecule has 3 aromatic rings. The number of carbonyl (C=O) groups excluding carboxylic acids is 1. The van der Waals surface area contributed by atoms with Crippen LogP contribution >= 0.6 is 0 Å². The number of aliphatic carboxylic acids is 1. The summed E-state index contributed by atoms with van der Waals surface area (Å²) in [5, 5.41) is 17.6. The summed E-state index contributed by atoms with van der Waals surface area (Å²) in [6, 6.07) is 14.1. The van der Waals surface area contributed by atoms with Gasteiger partial charge in [-0.1, -0.05) is 41.6 Å². The van der Waals surface area contributed by atoms with Crippen LogP contribution in [0.5, 0.6) is 0 Å². The normalized spacial score (nSPS) is 16.6. The van der Waals surface area contributed by atoms with Crippen LogP contribution in [-0.2, 0) is 29.1 Å². The van der Waals surface area contributed by atoms with Crippen LogP contribution in [0.4, 0.5) is 0 Å². The summed E-state index contributed by atoms with van der Waals surface area (Å²) in [4.78, 5) is 25.9. The van der Waals surface area contributed by atoms with Crippen molar-refractivity contribution in [2.24, 2.45) is 0 Å². The number of para-hydroxylation sites is 1. The maximum absolute atomic E-state index is 12.8. The predicted octanol–water partition coefficient (Wildman–Crippen LogP) is 1.47. The standard InChI is InChI=1S/C18H16N4O3/c23-17(11-22-15-8-4-3-7-14(15)19-20-22)21-10-13-6-2-1-5-12(13)9-16(21)18(24)25/h1-8,16H,9-11H2,(H,24,25). The van der Waals surface area contributed by atoms with Gasteiger partial charge in [-0.3, -0.25) is 4.79 Å². The first-order valence-electron chi connectivity index (χ1n) is 8.01. The lowest BCUT2D eigenvalue weighted by molar-refractivity contribution is -0.151. The Labute approximate surface area is 143 Å². The molecule has 1 aliphatic heterocycles. The van der Waals surface area contributed by atoms with E-state index in [1.165, 1.54) is 9.58 Å². The number of carboxylic acids is 1. The number of rotatable bonds is 3. The molecule has 1 amide bonds. The maximum atomic E-state index is 12.8. The van der Waals surface area contributed by atoms with E-state index in [0.29, 0.717) is 18.5 Å². The molecule has 0 fully saturated rings. The molecule has 1 aromatic heterocycles. The Morgan fingerprint density at radius 3 is 2.60 bits per heavy atom. The number of aromatic nitrogens is 3. The van der Waals surface area contributed by atoms with Crippen molar-refractivity contribution in [1.29, 1.82) is 0 Å². The fraction of sp³-hybridized carbons (Fsp3) is 0.222. The minimum atomic E-state index is -0.994. The lowest BCUT2D eigenvalue weighted by Gasteiger charge is -2.34. The average Bonchev–Trinajstić information content (AvgIpc) is 3.03. The van der Waals surface area contributed by atoms with E-state index in [1.807, 2.05) is 48.5 Å². The Morgan fingerprint density at radius 1 is 1.08 bits per heavy atom. The van der Waals surface area contributed by atoms with Gasteiger partial charge in [0.15, 0.2) is 0 Å². The molecule has 4 rings (SSSR count). The molecule has 0 saturated carbocycles. The van der Waals surface area contributed by atoms with E-state index in [4.69, 9.17) is 0 Å². The molecule has 7 heteroatoms. The van der Waals surface area contributed by atoms with Gasteiger partial charge in [0.05, 0.1) is 5.52 Å². The van der Waals surface area contributed by atoms with Gasteiger partial charge in [-0.05, 0) is 23.3 Å². The monoisotopic (exact) mass is 336 g/mol. The van der Waals surface area contributed by atoms with Gasteiger partial charge in [-0.25, -0.2) is 9.48 Å². The number of nitrogens with zero attached hydrogens (tertiary/aromatic N) is 4. The average molecular weight is 336 g/mol. The van der Waals surface area contributed by atoms with Gasteiger partial charge in [0.1, 0.15) is 18.1 Å². The number of hydrogen-bond acceptors (Lipinski definition) is 4. The second-order valence-electron chi connectivity index (χ2n) is 6.08. The van der Waals surface area contributed by atoms with Crippen molar-refractivity contribution in [3.63, 3.8) is 0 Å². The van der Waals surface area contributed by atoms with Crippen LogP contribution in [0.25, 0.3) is 11.0 Å². The van der Waals surface area contributed by atoms with E-state index in [1.54, 1.807) is 0 Å². The SMILES string of the molecule is O=C(O)C1Cc2ccccc2CN1C(=O)Cn1nnc2ccccc21. The second kappa shape index (κ2) is 6.01. The van der Waals surface area contributed by atoms with Crippen LogP contribution in [0, 0.1) is 0 Å². The van der Waals surface area contributed by atoms with Crippen LogP contribution in [0.15, 0.2) is 48.5 Å². The quantitative estimate of drug-likeness (QED) is 0.782. The highest BCUT2D eigenvalue weighted by atomic mass is 16.4. The molecular weight excluding hydrogens is 320 g/mol. The van der Waals surface area contributed by atoms with Crippen molar-refractivity contribution >= 4 is 22.9 Å². The lowest BCUT2D eigenvalue weighted by Crippen LogP contribution is -2.49. The van der Waals surface area contributed by atoms with Crippen molar-refractivity contribution in [3.05, 3.63) is 59.7 Å². The highest BCUT2D eigenvalue weighted by Crippen LogP contribution is 2.24. The van der Waals surface area contributed by atoms with Crippen molar-refractivity contribution in [3.8, 4) is 0 Å². The Hall–Kier alpha value is -3.22. The molecule has 0 bridgehead atoms. The van der Waals surface area contributed by atoms with Crippen LogP contribution < -0.4 is 0 Å². The first-order valence-corrected chi connectivity index (χ1v) is 8.01. The summed E-state index contributed by atoms with van der Waals surface area (Å²) in [7, 11) is 0. The molecule has 1 unspecified atom stereocenters. The molecule has 0 spiro atoms. The third-order valence-electron chi connectivity index (χ3n) is 4.56. The topological polar surface area (TPSA) is 88.3 Å². The molecule has 0 saturated heterocycles. The zero-order valence-corrected chi connectivity index (χ0v) is 13.4. The van der Waals surface area contributed by atoms with Gasteiger partial charge >= 0.3 is 5.97 Å². The summed E-state index contributed by atoms with van der Waals surface area (Å²) >= 11 is 0. The fourth-order valence-corrected chi connectivity index (χ4v) is 3.26. The molecule has 7 nitrogen and oxygen atoms in total. The Morgan fingerprint density at radius 2 is 1.80 bits per heavy atom. The van der Waals surface area contributed by atoms with Gasteiger partial charge in [0.2, 0.25) is 5.91 Å². The Balaban J connectivity index is 1.63. The summed E-state index contributed by atoms with van der Waals surface area (Å²) in [5.74, 6) is -1.27.